The molecule has 0 bridgehead atoms. The number of ether oxygens (including phenoxy) is 8. The van der Waals surface area contributed by atoms with Crippen LogP contribution in [0.4, 0.5) is 20.7 Å². The van der Waals surface area contributed by atoms with E-state index in [0.29, 0.717) is 56.4 Å². The van der Waals surface area contributed by atoms with Crippen molar-refractivity contribution >= 4 is 54.3 Å². The molecule has 98 heavy (non-hydrogen) atoms. The number of alkyl halides is 2. The predicted molar refractivity (Wildman–Crippen MR) is 355 cm³/mol. The van der Waals surface area contributed by atoms with Crippen LogP contribution < -0.4 is 40.7 Å². The number of aromatic amines is 2. The summed E-state index contributed by atoms with van der Waals surface area (Å²) >= 11 is 0. The summed E-state index contributed by atoms with van der Waals surface area (Å²) in [4.78, 5) is 76.1. The van der Waals surface area contributed by atoms with Gasteiger partial charge in [0.2, 0.25) is 23.7 Å². The Bertz CT molecular complexity index is 4200. The summed E-state index contributed by atoms with van der Waals surface area (Å²) in [5, 5.41) is 5.15. The average molecular weight is 1360 g/mol. The third-order valence-electron chi connectivity index (χ3n) is 17.2. The average Bonchev–Trinajstić information content (AvgIpc) is 0.807. The van der Waals surface area contributed by atoms with E-state index in [1.54, 1.807) is 76.2 Å². The van der Waals surface area contributed by atoms with Gasteiger partial charge in [0.15, 0.2) is 59.3 Å². The molecule has 4 aromatic heterocycles. The number of carbonyl (C=O) groups is 2. The van der Waals surface area contributed by atoms with E-state index in [9.17, 15) is 19.2 Å². The zero-order valence-electron chi connectivity index (χ0n) is 54.4. The Morgan fingerprint density at radius 1 is 0.510 bits per heavy atom. The monoisotopic (exact) mass is 1360 g/mol. The number of halogens is 2. The van der Waals surface area contributed by atoms with Gasteiger partial charge < -0.3 is 37.9 Å². The first kappa shape index (κ1) is 67.8. The summed E-state index contributed by atoms with van der Waals surface area (Å²) in [6, 6.07) is 46.9. The lowest BCUT2D eigenvalue weighted by Crippen LogP contribution is -2.39. The van der Waals surface area contributed by atoms with Crippen LogP contribution in [0.3, 0.4) is 0 Å². The maximum Gasteiger partial charge on any atom is 0.698 e. The SMILES string of the molecule is COc1ccc(C(OC[C@H]2O[C@@H](n3cnc4c(=O)[nH]c(NC(=O)C(C)C)nc43)[C@H](O[P+](=O)O[C@@H]3[C@@H](F)[C@@H](COC(c4ccccc4)(c4ccc(OC)cc4)c4ccc(OC)cc4)O[C@H]3n3cnc4c(=O)[nH]c(NC(=O)C(C)C)nc43)[C@H]2F)(c2ccccc2)c2ccc(OC)cc2)cc1. The molecular formula is C70H70F2N10O15P+. The normalized spacial score (nSPS) is 19.5. The van der Waals surface area contributed by atoms with Crippen LogP contribution in [0.15, 0.2) is 180 Å². The molecule has 2 amide bonds. The van der Waals surface area contributed by atoms with E-state index in [-0.39, 0.29) is 34.2 Å². The number of hydrogen-bond donors (Lipinski definition) is 4. The highest BCUT2D eigenvalue weighted by Gasteiger charge is 2.58. The van der Waals surface area contributed by atoms with Gasteiger partial charge in [-0.2, -0.15) is 9.97 Å². The number of rotatable bonds is 26. The van der Waals surface area contributed by atoms with Gasteiger partial charge in [0, 0.05) is 16.4 Å². The predicted octanol–water partition coefficient (Wildman–Crippen LogP) is 10.4. The van der Waals surface area contributed by atoms with Gasteiger partial charge in [-0.15, -0.1) is 9.05 Å². The fraction of sp³-hybridized carbons (Fsp3) is 0.314. The van der Waals surface area contributed by atoms with Crippen molar-refractivity contribution in [3.8, 4) is 23.0 Å². The number of anilines is 2. The number of aromatic nitrogens is 8. The Hall–Kier alpha value is -10.1. The third-order valence-corrected chi connectivity index (χ3v) is 18.0. The molecule has 8 atom stereocenters. The van der Waals surface area contributed by atoms with Crippen LogP contribution in [-0.4, -0.2) is 129 Å². The molecule has 0 spiro atoms. The minimum absolute atomic E-state index is 0.211. The van der Waals surface area contributed by atoms with Crippen LogP contribution in [0, 0.1) is 11.8 Å². The minimum Gasteiger partial charge on any atom is -0.497 e. The van der Waals surface area contributed by atoms with Crippen molar-refractivity contribution in [1.29, 1.82) is 0 Å². The van der Waals surface area contributed by atoms with Crippen molar-refractivity contribution in [3.05, 3.63) is 224 Å². The molecule has 0 unspecified atom stereocenters. The van der Waals surface area contributed by atoms with E-state index < -0.39 is 117 Å². The number of hydrogen-bond acceptors (Lipinski definition) is 19. The van der Waals surface area contributed by atoms with E-state index >= 15 is 13.3 Å². The second kappa shape index (κ2) is 28.9. The van der Waals surface area contributed by atoms with Crippen LogP contribution in [0.1, 0.15) is 73.5 Å². The van der Waals surface area contributed by atoms with Crippen LogP contribution >= 0.6 is 8.25 Å². The molecule has 2 aliphatic rings. The molecular weight excluding hydrogens is 1290 g/mol. The number of fused-ring (bicyclic) bond motifs is 2. The maximum absolute atomic E-state index is 18.4. The molecule has 2 aliphatic heterocycles. The quantitative estimate of drug-likeness (QED) is 0.0289. The highest BCUT2D eigenvalue weighted by molar-refractivity contribution is 7.33. The Morgan fingerprint density at radius 2 is 0.816 bits per heavy atom. The lowest BCUT2D eigenvalue weighted by molar-refractivity contribution is -0.119. The summed E-state index contributed by atoms with van der Waals surface area (Å²) in [5.41, 5.74) is -1.91. The number of carbonyl (C=O) groups excluding carboxylic acids is 2. The Balaban J connectivity index is 0.935. The van der Waals surface area contributed by atoms with Crippen LogP contribution in [0.25, 0.3) is 22.3 Å². The molecule has 6 heterocycles. The van der Waals surface area contributed by atoms with E-state index in [4.69, 9.17) is 46.9 Å². The van der Waals surface area contributed by atoms with Gasteiger partial charge in [-0.05, 0) is 81.9 Å². The second-order valence-electron chi connectivity index (χ2n) is 23.8. The Kier molecular flexibility index (Phi) is 20.0. The molecule has 0 radical (unpaired) electrons. The molecule has 2 fully saturated rings. The van der Waals surface area contributed by atoms with Crippen LogP contribution in [0.2, 0.25) is 0 Å². The highest BCUT2D eigenvalue weighted by Crippen LogP contribution is 2.49. The minimum atomic E-state index is -3.73. The standard InChI is InChI=1S/C70H69F2N10O15P/c1-39(2)61(83)77-67-75-59-55(63(85)79-67)73-37-81(59)65-57(53(71)51(94-65)35-92-69(41-15-11-9-12-16-41,43-19-27-47(88-5)28-20-43)44-21-29-48(89-6)30-22-44)96-98(87)97-58-54(72)52(95-66(58)82-38-74-56-60(82)76-68(80-64(56)86)78-62(84)40(3)4)36-93-70(42-17-13-10-14-18-42,45-23-31-49(90-7)32-24-45)46-25-33-50(91-8)34-26-46/h9-34,37-40,51-54,57-58,65-66H,35-36H2,1-8H3,(H3-,75,76,77,78,79,80,83,84,85,86)/p+1/t51-,52-,53+,54+,57-,58-,65-,66-/m1/s1. The summed E-state index contributed by atoms with van der Waals surface area (Å²) in [6.07, 6.45) is -12.9. The first-order chi connectivity index (χ1) is 47.4. The topological polar surface area (TPSA) is 295 Å². The van der Waals surface area contributed by atoms with Gasteiger partial charge in [0.05, 0.1) is 54.3 Å². The number of H-pyrrole nitrogens is 2. The van der Waals surface area contributed by atoms with E-state index in [1.165, 1.54) is 37.6 Å². The molecule has 0 saturated carbocycles. The smallest absolute Gasteiger partial charge is 0.497 e. The van der Waals surface area contributed by atoms with Gasteiger partial charge in [0.25, 0.3) is 11.1 Å². The van der Waals surface area contributed by atoms with E-state index in [1.807, 2.05) is 109 Å². The van der Waals surface area contributed by atoms with Crippen molar-refractivity contribution in [2.75, 3.05) is 52.3 Å². The zero-order chi connectivity index (χ0) is 69.0. The molecule has 12 rings (SSSR count). The largest absolute Gasteiger partial charge is 0.698 e. The molecule has 508 valence electrons. The van der Waals surface area contributed by atoms with Crippen molar-refractivity contribution in [2.24, 2.45) is 11.8 Å². The maximum atomic E-state index is 18.4. The van der Waals surface area contributed by atoms with Crippen molar-refractivity contribution in [2.45, 2.75) is 88.1 Å². The van der Waals surface area contributed by atoms with Gasteiger partial charge in [-0.3, -0.25) is 48.9 Å². The van der Waals surface area contributed by atoms with Crippen molar-refractivity contribution < 1.29 is 69.9 Å². The van der Waals surface area contributed by atoms with Crippen LogP contribution in [0.5, 0.6) is 23.0 Å². The first-order valence-electron chi connectivity index (χ1n) is 31.3. The molecule has 2 saturated heterocycles. The molecule has 6 aromatic carbocycles. The van der Waals surface area contributed by atoms with E-state index in [2.05, 4.69) is 40.5 Å². The molecule has 25 nitrogen and oxygen atoms in total. The number of imidazole rings is 2. The van der Waals surface area contributed by atoms with Gasteiger partial charge in [-0.1, -0.05) is 137 Å². The number of methoxy groups -OCH3 is 4. The first-order valence-corrected chi connectivity index (χ1v) is 32.4. The number of nitrogens with one attached hydrogen (secondary N) is 4. The summed E-state index contributed by atoms with van der Waals surface area (Å²) < 4.78 is 116. The van der Waals surface area contributed by atoms with Crippen LogP contribution in [-0.2, 0) is 53.4 Å². The Morgan fingerprint density at radius 3 is 1.11 bits per heavy atom. The fourth-order valence-corrected chi connectivity index (χ4v) is 12.9. The lowest BCUT2D eigenvalue weighted by Gasteiger charge is -2.37. The molecule has 28 heteroatoms. The van der Waals surface area contributed by atoms with Gasteiger partial charge in [-0.25, -0.2) is 18.7 Å². The zero-order valence-corrected chi connectivity index (χ0v) is 55.3. The molecule has 0 aliphatic carbocycles. The number of amides is 2. The van der Waals surface area contributed by atoms with Crippen molar-refractivity contribution in [3.63, 3.8) is 0 Å². The van der Waals surface area contributed by atoms with E-state index in [0.717, 1.165) is 12.7 Å². The third kappa shape index (κ3) is 13.3. The van der Waals surface area contributed by atoms with Gasteiger partial charge in [0.1, 0.15) is 46.4 Å². The number of nitrogens with zero attached hydrogens (tertiary/aromatic N) is 6. The fourth-order valence-electron chi connectivity index (χ4n) is 12.0. The Labute approximate surface area is 560 Å². The lowest BCUT2D eigenvalue weighted by atomic mass is 9.80. The number of benzene rings is 6. The van der Waals surface area contributed by atoms with Gasteiger partial charge >= 0.3 is 8.25 Å². The summed E-state index contributed by atoms with van der Waals surface area (Å²) in [5.74, 6) is -0.441. The molecule has 10 aromatic rings. The highest BCUT2D eigenvalue weighted by atomic mass is 31.1. The molecule has 4 N–H and O–H groups in total. The second-order valence-corrected chi connectivity index (χ2v) is 24.6. The summed E-state index contributed by atoms with van der Waals surface area (Å²) in [6.45, 7) is 5.44. The summed E-state index contributed by atoms with van der Waals surface area (Å²) in [7, 11) is 2.41. The van der Waals surface area contributed by atoms with Crippen molar-refractivity contribution in [1.82, 2.24) is 39.0 Å².